The Bertz CT molecular complexity index is 423. The summed E-state index contributed by atoms with van der Waals surface area (Å²) in [5, 5.41) is 0. The molecule has 1 heterocycles. The first-order valence-electron chi connectivity index (χ1n) is 7.36. The number of carbonyl (C=O) groups excluding carboxylic acids is 1. The van der Waals surface area contributed by atoms with Gasteiger partial charge in [0.2, 0.25) is 5.91 Å². The van der Waals surface area contributed by atoms with E-state index in [-0.39, 0.29) is 5.91 Å². The summed E-state index contributed by atoms with van der Waals surface area (Å²) in [4.78, 5) is 16.0. The number of hydrogen-bond acceptors (Lipinski definition) is 1. The number of amides is 1. The molecule has 1 saturated heterocycles. The van der Waals surface area contributed by atoms with Crippen LogP contribution >= 0.6 is 0 Å². The zero-order valence-electron chi connectivity index (χ0n) is 12.1. The second-order valence-corrected chi connectivity index (χ2v) is 5.48. The fourth-order valence-electron chi connectivity index (χ4n) is 2.76. The van der Waals surface area contributed by atoms with Gasteiger partial charge in [-0.3, -0.25) is 4.79 Å². The topological polar surface area (TPSA) is 24.8 Å². The summed E-state index contributed by atoms with van der Waals surface area (Å²) in [6.45, 7) is 9.58. The van der Waals surface area contributed by atoms with Crippen LogP contribution in [0.25, 0.3) is 0 Å². The Labute approximate surface area is 116 Å². The third kappa shape index (κ3) is 3.80. The third-order valence-electron chi connectivity index (χ3n) is 4.03. The van der Waals surface area contributed by atoms with Crippen LogP contribution in [0.1, 0.15) is 24.5 Å². The third-order valence-corrected chi connectivity index (χ3v) is 4.03. The molecule has 0 unspecified atom stereocenters. The normalized spacial score (nSPS) is 16.6. The molecule has 1 amide bonds. The fourth-order valence-corrected chi connectivity index (χ4v) is 2.76. The van der Waals surface area contributed by atoms with Crippen molar-refractivity contribution in [2.24, 2.45) is 0 Å². The van der Waals surface area contributed by atoms with Gasteiger partial charge in [0.25, 0.3) is 0 Å². The van der Waals surface area contributed by atoms with Crippen molar-refractivity contribution in [3.63, 3.8) is 0 Å². The minimum atomic E-state index is 0.282. The molecule has 0 atom stereocenters. The van der Waals surface area contributed by atoms with Crippen molar-refractivity contribution in [1.82, 2.24) is 4.90 Å². The number of hydrogen-bond donors (Lipinski definition) is 1. The molecule has 1 fully saturated rings. The quantitative estimate of drug-likeness (QED) is 0.847. The van der Waals surface area contributed by atoms with Crippen molar-refractivity contribution in [2.45, 2.75) is 26.7 Å². The zero-order valence-corrected chi connectivity index (χ0v) is 12.1. The van der Waals surface area contributed by atoms with Gasteiger partial charge in [0, 0.05) is 0 Å². The molecule has 1 aliphatic rings. The Morgan fingerprint density at radius 2 is 1.95 bits per heavy atom. The molecule has 0 saturated carbocycles. The Morgan fingerprint density at radius 1 is 1.26 bits per heavy atom. The highest BCUT2D eigenvalue weighted by atomic mass is 16.2. The molecule has 0 aliphatic carbocycles. The molecule has 3 heteroatoms. The number of piperazine rings is 1. The monoisotopic (exact) mass is 261 g/mol. The molecule has 0 aromatic heterocycles. The molecular weight excluding hydrogens is 236 g/mol. The molecule has 1 aliphatic heterocycles. The number of aryl methyl sites for hydroxylation is 1. The van der Waals surface area contributed by atoms with E-state index in [1.807, 2.05) is 17.0 Å². The maximum Gasteiger partial charge on any atom is 0.227 e. The molecule has 1 aromatic carbocycles. The van der Waals surface area contributed by atoms with E-state index in [0.717, 1.165) is 31.7 Å². The van der Waals surface area contributed by atoms with Crippen molar-refractivity contribution in [2.75, 3.05) is 32.7 Å². The Hall–Kier alpha value is -1.35. The maximum absolute atomic E-state index is 12.3. The minimum Gasteiger partial charge on any atom is -0.332 e. The smallest absolute Gasteiger partial charge is 0.227 e. The van der Waals surface area contributed by atoms with Crippen molar-refractivity contribution >= 4 is 5.91 Å². The van der Waals surface area contributed by atoms with Gasteiger partial charge in [-0.1, -0.05) is 31.2 Å². The molecule has 104 valence electrons. The summed E-state index contributed by atoms with van der Waals surface area (Å²) >= 11 is 0. The second-order valence-electron chi connectivity index (χ2n) is 5.48. The van der Waals surface area contributed by atoms with Crippen LogP contribution in [0.4, 0.5) is 0 Å². The number of quaternary nitrogens is 1. The van der Waals surface area contributed by atoms with Gasteiger partial charge in [-0.15, -0.1) is 0 Å². The van der Waals surface area contributed by atoms with E-state index in [1.54, 1.807) is 4.90 Å². The van der Waals surface area contributed by atoms with Gasteiger partial charge in [0.05, 0.1) is 39.1 Å². The molecule has 19 heavy (non-hydrogen) atoms. The molecule has 1 N–H and O–H groups in total. The van der Waals surface area contributed by atoms with Gasteiger partial charge in [0.15, 0.2) is 0 Å². The zero-order chi connectivity index (χ0) is 13.7. The standard InChI is InChI=1S/C16H24N2O/c1-3-8-17-9-11-18(12-10-17)16(19)13-15-7-5-4-6-14(15)2/h4-7H,3,8-13H2,1-2H3/p+1. The van der Waals surface area contributed by atoms with Crippen molar-refractivity contribution in [3.8, 4) is 0 Å². The van der Waals surface area contributed by atoms with Crippen LogP contribution in [-0.4, -0.2) is 43.5 Å². The summed E-state index contributed by atoms with van der Waals surface area (Å²) in [5.74, 6) is 0.282. The number of carbonyl (C=O) groups is 1. The van der Waals surface area contributed by atoms with Gasteiger partial charge in [0.1, 0.15) is 0 Å². The lowest BCUT2D eigenvalue weighted by molar-refractivity contribution is -0.904. The maximum atomic E-state index is 12.3. The Kier molecular flexibility index (Phi) is 4.97. The van der Waals surface area contributed by atoms with E-state index >= 15 is 0 Å². The highest BCUT2D eigenvalue weighted by Gasteiger charge is 2.23. The van der Waals surface area contributed by atoms with Crippen molar-refractivity contribution < 1.29 is 9.69 Å². The second kappa shape index (κ2) is 6.71. The van der Waals surface area contributed by atoms with E-state index in [1.165, 1.54) is 18.5 Å². The average Bonchev–Trinajstić information content (AvgIpc) is 2.42. The van der Waals surface area contributed by atoms with Crippen LogP contribution in [0.2, 0.25) is 0 Å². The van der Waals surface area contributed by atoms with Crippen LogP contribution in [-0.2, 0) is 11.2 Å². The first-order valence-corrected chi connectivity index (χ1v) is 7.36. The van der Waals surface area contributed by atoms with E-state index < -0.39 is 0 Å². The molecule has 0 spiro atoms. The number of nitrogens with zero attached hydrogens (tertiary/aromatic N) is 1. The molecule has 2 rings (SSSR count). The lowest BCUT2D eigenvalue weighted by Gasteiger charge is -2.32. The lowest BCUT2D eigenvalue weighted by atomic mass is 10.1. The Balaban J connectivity index is 1.87. The predicted octanol–water partition coefficient (Wildman–Crippen LogP) is 0.675. The first kappa shape index (κ1) is 14.1. The molecule has 0 radical (unpaired) electrons. The summed E-state index contributed by atoms with van der Waals surface area (Å²) in [7, 11) is 0. The summed E-state index contributed by atoms with van der Waals surface area (Å²) in [6, 6.07) is 8.17. The average molecular weight is 261 g/mol. The minimum absolute atomic E-state index is 0.282. The number of nitrogens with one attached hydrogen (secondary N) is 1. The number of benzene rings is 1. The molecule has 1 aromatic rings. The highest BCUT2D eigenvalue weighted by Crippen LogP contribution is 2.09. The van der Waals surface area contributed by atoms with Crippen LogP contribution in [0.3, 0.4) is 0 Å². The largest absolute Gasteiger partial charge is 0.332 e. The van der Waals surface area contributed by atoms with Gasteiger partial charge >= 0.3 is 0 Å². The lowest BCUT2D eigenvalue weighted by Crippen LogP contribution is -3.14. The van der Waals surface area contributed by atoms with E-state index in [2.05, 4.69) is 26.0 Å². The van der Waals surface area contributed by atoms with Gasteiger partial charge < -0.3 is 9.80 Å². The van der Waals surface area contributed by atoms with Gasteiger partial charge in [-0.2, -0.15) is 0 Å². The van der Waals surface area contributed by atoms with E-state index in [4.69, 9.17) is 0 Å². The molecule has 3 nitrogen and oxygen atoms in total. The van der Waals surface area contributed by atoms with Gasteiger partial charge in [-0.05, 0) is 24.5 Å². The number of rotatable bonds is 4. The van der Waals surface area contributed by atoms with Gasteiger partial charge in [-0.25, -0.2) is 0 Å². The summed E-state index contributed by atoms with van der Waals surface area (Å²) < 4.78 is 0. The highest BCUT2D eigenvalue weighted by molar-refractivity contribution is 5.79. The van der Waals surface area contributed by atoms with E-state index in [0.29, 0.717) is 6.42 Å². The SMILES string of the molecule is CCC[NH+]1CCN(C(=O)Cc2ccccc2C)CC1. The fraction of sp³-hybridized carbons (Fsp3) is 0.562. The van der Waals surface area contributed by atoms with Crippen LogP contribution in [0, 0.1) is 6.92 Å². The molecule has 0 bridgehead atoms. The molecular formula is C16H25N2O+. The Morgan fingerprint density at radius 3 is 2.58 bits per heavy atom. The first-order chi connectivity index (χ1) is 9.20. The summed E-state index contributed by atoms with van der Waals surface area (Å²) in [5.41, 5.74) is 2.38. The van der Waals surface area contributed by atoms with Crippen LogP contribution in [0.5, 0.6) is 0 Å². The van der Waals surface area contributed by atoms with Crippen molar-refractivity contribution in [1.29, 1.82) is 0 Å². The van der Waals surface area contributed by atoms with Crippen LogP contribution in [0.15, 0.2) is 24.3 Å². The predicted molar refractivity (Wildman–Crippen MR) is 77.3 cm³/mol. The van der Waals surface area contributed by atoms with Crippen molar-refractivity contribution in [3.05, 3.63) is 35.4 Å². The van der Waals surface area contributed by atoms with Crippen LogP contribution < -0.4 is 4.90 Å². The van der Waals surface area contributed by atoms with E-state index in [9.17, 15) is 4.79 Å². The summed E-state index contributed by atoms with van der Waals surface area (Å²) in [6.07, 6.45) is 1.78.